The van der Waals surface area contributed by atoms with Gasteiger partial charge in [0.2, 0.25) is 0 Å². The fourth-order valence-corrected chi connectivity index (χ4v) is 2.99. The summed E-state index contributed by atoms with van der Waals surface area (Å²) >= 11 is 0. The summed E-state index contributed by atoms with van der Waals surface area (Å²) in [7, 11) is 1.55. The van der Waals surface area contributed by atoms with Crippen LogP contribution >= 0.6 is 0 Å². The van der Waals surface area contributed by atoms with Crippen LogP contribution in [0.4, 0.5) is 4.39 Å². The molecule has 3 aromatic rings. The normalized spacial score (nSPS) is 10.7. The SMILES string of the molecule is COCCN(Cc1ccccn1)C(=O)c1c(C)ccn(-c2ccc(F)cc2)c1=O. The lowest BCUT2D eigenvalue weighted by Gasteiger charge is -2.23. The summed E-state index contributed by atoms with van der Waals surface area (Å²) in [6, 6.07) is 12.7. The predicted molar refractivity (Wildman–Crippen MR) is 108 cm³/mol. The quantitative estimate of drug-likeness (QED) is 0.617. The highest BCUT2D eigenvalue weighted by molar-refractivity contribution is 5.95. The standard InChI is InChI=1S/C22H22FN3O3/c1-16-10-12-26(19-8-6-17(23)7-9-19)22(28)20(16)21(27)25(13-14-29-2)15-18-5-3-4-11-24-18/h3-12H,13-15H2,1-2H3. The second kappa shape index (κ2) is 9.25. The number of carbonyl (C=O) groups excluding carboxylic acids is 1. The molecule has 3 rings (SSSR count). The molecule has 29 heavy (non-hydrogen) atoms. The van der Waals surface area contributed by atoms with E-state index in [0.29, 0.717) is 30.1 Å². The average Bonchev–Trinajstić information content (AvgIpc) is 2.73. The molecule has 0 unspecified atom stereocenters. The molecule has 0 aliphatic carbocycles. The number of ether oxygens (including phenoxy) is 1. The van der Waals surface area contributed by atoms with Crippen molar-refractivity contribution in [2.24, 2.45) is 0 Å². The maximum absolute atomic E-state index is 13.3. The zero-order valence-corrected chi connectivity index (χ0v) is 16.3. The summed E-state index contributed by atoms with van der Waals surface area (Å²) in [5, 5.41) is 0. The number of halogens is 1. The Labute approximate surface area is 168 Å². The van der Waals surface area contributed by atoms with Gasteiger partial charge in [-0.05, 0) is 55.0 Å². The highest BCUT2D eigenvalue weighted by Crippen LogP contribution is 2.13. The number of aryl methyl sites for hydroxylation is 1. The smallest absolute Gasteiger partial charge is 0.268 e. The van der Waals surface area contributed by atoms with Gasteiger partial charge in [0.1, 0.15) is 11.4 Å². The van der Waals surface area contributed by atoms with Crippen molar-refractivity contribution < 1.29 is 13.9 Å². The van der Waals surface area contributed by atoms with Crippen molar-refractivity contribution >= 4 is 5.91 Å². The maximum atomic E-state index is 13.3. The van der Waals surface area contributed by atoms with Crippen molar-refractivity contribution in [2.45, 2.75) is 13.5 Å². The predicted octanol–water partition coefficient (Wildman–Crippen LogP) is 2.97. The lowest BCUT2D eigenvalue weighted by atomic mass is 10.1. The monoisotopic (exact) mass is 395 g/mol. The third-order valence-electron chi connectivity index (χ3n) is 4.55. The van der Waals surface area contributed by atoms with Crippen LogP contribution in [-0.4, -0.2) is 40.6 Å². The molecule has 6 nitrogen and oxygen atoms in total. The summed E-state index contributed by atoms with van der Waals surface area (Å²) in [5.41, 5.74) is 1.39. The Morgan fingerprint density at radius 3 is 2.59 bits per heavy atom. The van der Waals surface area contributed by atoms with Crippen LogP contribution in [0.3, 0.4) is 0 Å². The molecular formula is C22H22FN3O3. The maximum Gasteiger partial charge on any atom is 0.268 e. The molecule has 0 bridgehead atoms. The topological polar surface area (TPSA) is 64.4 Å². The van der Waals surface area contributed by atoms with Gasteiger partial charge in [-0.1, -0.05) is 6.07 Å². The molecule has 0 atom stereocenters. The number of carbonyl (C=O) groups is 1. The van der Waals surface area contributed by atoms with Crippen LogP contribution in [0.2, 0.25) is 0 Å². The van der Waals surface area contributed by atoms with E-state index in [2.05, 4.69) is 4.98 Å². The molecule has 0 fully saturated rings. The highest BCUT2D eigenvalue weighted by atomic mass is 19.1. The summed E-state index contributed by atoms with van der Waals surface area (Å²) in [4.78, 5) is 32.2. The van der Waals surface area contributed by atoms with Crippen LogP contribution in [0.1, 0.15) is 21.6 Å². The van der Waals surface area contributed by atoms with Gasteiger partial charge in [0.05, 0.1) is 18.8 Å². The van der Waals surface area contributed by atoms with Crippen molar-refractivity contribution in [1.29, 1.82) is 0 Å². The minimum Gasteiger partial charge on any atom is -0.383 e. The van der Waals surface area contributed by atoms with Gasteiger partial charge in [-0.15, -0.1) is 0 Å². The van der Waals surface area contributed by atoms with Gasteiger partial charge in [-0.25, -0.2) is 4.39 Å². The van der Waals surface area contributed by atoms with Gasteiger partial charge in [0.15, 0.2) is 0 Å². The van der Waals surface area contributed by atoms with E-state index in [9.17, 15) is 14.0 Å². The Morgan fingerprint density at radius 2 is 1.93 bits per heavy atom. The molecule has 7 heteroatoms. The van der Waals surface area contributed by atoms with E-state index in [4.69, 9.17) is 4.74 Å². The Morgan fingerprint density at radius 1 is 1.17 bits per heavy atom. The lowest BCUT2D eigenvalue weighted by Crippen LogP contribution is -2.38. The van der Waals surface area contributed by atoms with Crippen molar-refractivity contribution in [1.82, 2.24) is 14.5 Å². The first-order valence-corrected chi connectivity index (χ1v) is 9.17. The molecule has 0 aliphatic heterocycles. The van der Waals surface area contributed by atoms with Crippen molar-refractivity contribution in [2.75, 3.05) is 20.3 Å². The molecule has 0 radical (unpaired) electrons. The van der Waals surface area contributed by atoms with Crippen LogP contribution in [0.15, 0.2) is 65.7 Å². The number of hydrogen-bond donors (Lipinski definition) is 0. The van der Waals surface area contributed by atoms with E-state index in [1.165, 1.54) is 28.8 Å². The van der Waals surface area contributed by atoms with E-state index >= 15 is 0 Å². The number of hydrogen-bond acceptors (Lipinski definition) is 4. The first-order chi connectivity index (χ1) is 14.0. The largest absolute Gasteiger partial charge is 0.383 e. The van der Waals surface area contributed by atoms with Crippen LogP contribution in [0, 0.1) is 12.7 Å². The lowest BCUT2D eigenvalue weighted by molar-refractivity contribution is 0.0675. The van der Waals surface area contributed by atoms with Gasteiger partial charge in [-0.3, -0.25) is 19.1 Å². The Hall–Kier alpha value is -3.32. The first-order valence-electron chi connectivity index (χ1n) is 9.17. The van der Waals surface area contributed by atoms with Crippen LogP contribution in [0.25, 0.3) is 5.69 Å². The number of methoxy groups -OCH3 is 1. The van der Waals surface area contributed by atoms with Gasteiger partial charge in [0, 0.05) is 31.7 Å². The van der Waals surface area contributed by atoms with E-state index < -0.39 is 17.3 Å². The molecule has 1 amide bonds. The van der Waals surface area contributed by atoms with Crippen LogP contribution < -0.4 is 5.56 Å². The molecule has 150 valence electrons. The number of pyridine rings is 2. The van der Waals surface area contributed by atoms with Gasteiger partial charge in [-0.2, -0.15) is 0 Å². The molecule has 0 spiro atoms. The van der Waals surface area contributed by atoms with E-state index in [0.717, 1.165) is 0 Å². The summed E-state index contributed by atoms with van der Waals surface area (Å²) in [5.74, 6) is -0.794. The minimum atomic E-state index is -0.454. The number of aromatic nitrogens is 2. The first kappa shape index (κ1) is 20.4. The van der Waals surface area contributed by atoms with Crippen LogP contribution in [-0.2, 0) is 11.3 Å². The Balaban J connectivity index is 1.99. The average molecular weight is 395 g/mol. The third-order valence-corrected chi connectivity index (χ3v) is 4.55. The van der Waals surface area contributed by atoms with E-state index in [-0.39, 0.29) is 12.1 Å². The molecule has 0 saturated carbocycles. The Bertz CT molecular complexity index is 1030. The molecule has 2 heterocycles. The number of amides is 1. The Kier molecular flexibility index (Phi) is 6.51. The highest BCUT2D eigenvalue weighted by Gasteiger charge is 2.23. The van der Waals surface area contributed by atoms with E-state index in [1.807, 2.05) is 12.1 Å². The summed E-state index contributed by atoms with van der Waals surface area (Å²) in [6.45, 7) is 2.62. The van der Waals surface area contributed by atoms with Crippen molar-refractivity contribution in [3.8, 4) is 5.69 Å². The van der Waals surface area contributed by atoms with Crippen molar-refractivity contribution in [3.63, 3.8) is 0 Å². The fraction of sp³-hybridized carbons (Fsp3) is 0.227. The van der Waals surface area contributed by atoms with Crippen molar-refractivity contribution in [3.05, 3.63) is 93.9 Å². The molecule has 2 aromatic heterocycles. The third kappa shape index (κ3) is 4.75. The second-order valence-electron chi connectivity index (χ2n) is 6.57. The molecular weight excluding hydrogens is 373 g/mol. The number of nitrogens with zero attached hydrogens (tertiary/aromatic N) is 3. The van der Waals surface area contributed by atoms with Gasteiger partial charge in [0.25, 0.3) is 11.5 Å². The van der Waals surface area contributed by atoms with Gasteiger partial charge >= 0.3 is 0 Å². The minimum absolute atomic E-state index is 0.0730. The fourth-order valence-electron chi connectivity index (χ4n) is 2.99. The number of rotatable bonds is 7. The summed E-state index contributed by atoms with van der Waals surface area (Å²) < 4.78 is 19.7. The molecule has 0 aliphatic rings. The van der Waals surface area contributed by atoms with E-state index in [1.54, 1.807) is 43.5 Å². The number of benzene rings is 1. The van der Waals surface area contributed by atoms with Gasteiger partial charge < -0.3 is 9.64 Å². The summed E-state index contributed by atoms with van der Waals surface area (Å²) in [6.07, 6.45) is 3.24. The molecule has 0 N–H and O–H groups in total. The molecule has 0 saturated heterocycles. The zero-order valence-electron chi connectivity index (χ0n) is 16.3. The van der Waals surface area contributed by atoms with Crippen LogP contribution in [0.5, 0.6) is 0 Å². The zero-order chi connectivity index (χ0) is 20.8. The second-order valence-corrected chi connectivity index (χ2v) is 6.57. The molecule has 1 aromatic carbocycles.